The van der Waals surface area contributed by atoms with Crippen LogP contribution in [0.5, 0.6) is 0 Å². The molecule has 2 heteroatoms. The molecule has 1 aliphatic heterocycles. The van der Waals surface area contributed by atoms with Crippen molar-refractivity contribution in [3.05, 3.63) is 0 Å². The second-order valence-electron chi connectivity index (χ2n) is 4.14. The summed E-state index contributed by atoms with van der Waals surface area (Å²) in [5.41, 5.74) is 0. The summed E-state index contributed by atoms with van der Waals surface area (Å²) in [6.45, 7) is 7.97. The van der Waals surface area contributed by atoms with E-state index in [0.29, 0.717) is 6.04 Å². The van der Waals surface area contributed by atoms with Crippen molar-refractivity contribution in [3.63, 3.8) is 0 Å². The maximum Gasteiger partial charge on any atom is 0.0618 e. The van der Waals surface area contributed by atoms with Crippen LogP contribution in [0.4, 0.5) is 0 Å². The van der Waals surface area contributed by atoms with E-state index in [-0.39, 0.29) is 0 Å². The molecule has 0 aromatic carbocycles. The smallest absolute Gasteiger partial charge is 0.0618 e. The average molecular weight is 171 g/mol. The lowest BCUT2D eigenvalue weighted by Crippen LogP contribution is -2.35. The summed E-state index contributed by atoms with van der Waals surface area (Å²) in [6.07, 6.45) is 2.67. The molecule has 0 spiro atoms. The molecule has 1 saturated heterocycles. The topological polar surface area (TPSA) is 12.5 Å². The molecule has 0 N–H and O–H groups in total. The highest BCUT2D eigenvalue weighted by atomic mass is 16.5. The summed E-state index contributed by atoms with van der Waals surface area (Å²) < 4.78 is 5.20. The number of hydrogen-bond acceptors (Lipinski definition) is 2. The van der Waals surface area contributed by atoms with Crippen LogP contribution in [-0.2, 0) is 4.74 Å². The highest BCUT2D eigenvalue weighted by Crippen LogP contribution is 2.18. The van der Waals surface area contributed by atoms with E-state index in [1.807, 2.05) is 0 Å². The van der Waals surface area contributed by atoms with Gasteiger partial charge in [-0.2, -0.15) is 0 Å². The molecule has 0 amide bonds. The van der Waals surface area contributed by atoms with E-state index < -0.39 is 0 Å². The van der Waals surface area contributed by atoms with Crippen LogP contribution in [0.25, 0.3) is 0 Å². The van der Waals surface area contributed by atoms with Crippen molar-refractivity contribution < 1.29 is 4.74 Å². The van der Waals surface area contributed by atoms with Gasteiger partial charge in [-0.3, -0.25) is 4.90 Å². The van der Waals surface area contributed by atoms with Crippen LogP contribution >= 0.6 is 0 Å². The fourth-order valence-corrected chi connectivity index (χ4v) is 1.99. The maximum absolute atomic E-state index is 5.20. The molecule has 2 nitrogen and oxygen atoms in total. The van der Waals surface area contributed by atoms with Gasteiger partial charge in [0.25, 0.3) is 0 Å². The number of ether oxygens (including phenoxy) is 1. The van der Waals surface area contributed by atoms with E-state index in [9.17, 15) is 0 Å². The molecule has 1 heterocycles. The van der Waals surface area contributed by atoms with E-state index in [1.54, 1.807) is 7.11 Å². The Morgan fingerprint density at radius 2 is 2.25 bits per heavy atom. The molecule has 0 aromatic heterocycles. The van der Waals surface area contributed by atoms with Crippen LogP contribution in [0, 0.1) is 5.92 Å². The van der Waals surface area contributed by atoms with E-state index >= 15 is 0 Å². The fraction of sp³-hybridized carbons (Fsp3) is 1.00. The minimum absolute atomic E-state index is 0.692. The van der Waals surface area contributed by atoms with Gasteiger partial charge in [-0.05, 0) is 25.3 Å². The van der Waals surface area contributed by atoms with Gasteiger partial charge in [0.15, 0.2) is 0 Å². The number of methoxy groups -OCH3 is 1. The van der Waals surface area contributed by atoms with Crippen LogP contribution in [0.15, 0.2) is 0 Å². The lowest BCUT2D eigenvalue weighted by Gasteiger charge is -2.25. The standard InChI is InChI=1S/C10H21NO/c1-9(2)7-11-6-4-5-10(11)8-12-3/h9-10H,4-8H2,1-3H3. The van der Waals surface area contributed by atoms with Crippen molar-refractivity contribution >= 4 is 0 Å². The molecule has 72 valence electrons. The third kappa shape index (κ3) is 2.76. The predicted molar refractivity (Wildman–Crippen MR) is 51.3 cm³/mol. The van der Waals surface area contributed by atoms with Crippen molar-refractivity contribution in [1.29, 1.82) is 0 Å². The highest BCUT2D eigenvalue weighted by Gasteiger charge is 2.24. The Balaban J connectivity index is 2.30. The van der Waals surface area contributed by atoms with Gasteiger partial charge in [0.1, 0.15) is 0 Å². The van der Waals surface area contributed by atoms with E-state index in [0.717, 1.165) is 12.5 Å². The zero-order chi connectivity index (χ0) is 8.97. The summed E-state index contributed by atoms with van der Waals surface area (Å²) in [7, 11) is 1.80. The molecule has 12 heavy (non-hydrogen) atoms. The van der Waals surface area contributed by atoms with Crippen molar-refractivity contribution in [2.24, 2.45) is 5.92 Å². The van der Waals surface area contributed by atoms with Gasteiger partial charge in [-0.25, -0.2) is 0 Å². The number of rotatable bonds is 4. The molecular weight excluding hydrogens is 150 g/mol. The van der Waals surface area contributed by atoms with Gasteiger partial charge >= 0.3 is 0 Å². The summed E-state index contributed by atoms with van der Waals surface area (Å²) in [5, 5.41) is 0. The van der Waals surface area contributed by atoms with Gasteiger partial charge in [-0.1, -0.05) is 13.8 Å². The Kier molecular flexibility index (Phi) is 4.02. The number of likely N-dealkylation sites (tertiary alicyclic amines) is 1. The van der Waals surface area contributed by atoms with E-state index in [4.69, 9.17) is 4.74 Å². The zero-order valence-electron chi connectivity index (χ0n) is 8.55. The number of nitrogens with zero attached hydrogens (tertiary/aromatic N) is 1. The fourth-order valence-electron chi connectivity index (χ4n) is 1.99. The first-order valence-corrected chi connectivity index (χ1v) is 4.97. The third-order valence-corrected chi connectivity index (χ3v) is 2.46. The Morgan fingerprint density at radius 1 is 1.50 bits per heavy atom. The predicted octanol–water partition coefficient (Wildman–Crippen LogP) is 1.75. The van der Waals surface area contributed by atoms with Crippen LogP contribution in [0.1, 0.15) is 26.7 Å². The largest absolute Gasteiger partial charge is 0.383 e. The lowest BCUT2D eigenvalue weighted by molar-refractivity contribution is 0.109. The Morgan fingerprint density at radius 3 is 2.83 bits per heavy atom. The van der Waals surface area contributed by atoms with Crippen molar-refractivity contribution in [2.45, 2.75) is 32.7 Å². The van der Waals surface area contributed by atoms with E-state index in [2.05, 4.69) is 18.7 Å². The average Bonchev–Trinajstić information content (AvgIpc) is 2.37. The molecule has 1 fully saturated rings. The minimum atomic E-state index is 0.692. The molecule has 0 radical (unpaired) electrons. The Hall–Kier alpha value is -0.0800. The first kappa shape index (κ1) is 10.0. The van der Waals surface area contributed by atoms with Gasteiger partial charge in [0.05, 0.1) is 6.61 Å². The highest BCUT2D eigenvalue weighted by molar-refractivity contribution is 4.79. The normalized spacial score (nSPS) is 25.5. The SMILES string of the molecule is COCC1CCCN1CC(C)C. The monoisotopic (exact) mass is 171 g/mol. The number of hydrogen-bond donors (Lipinski definition) is 0. The molecule has 1 unspecified atom stereocenters. The molecule has 1 aliphatic rings. The van der Waals surface area contributed by atoms with Gasteiger partial charge < -0.3 is 4.74 Å². The molecular formula is C10H21NO. The summed E-state index contributed by atoms with van der Waals surface area (Å²) >= 11 is 0. The molecule has 0 aromatic rings. The summed E-state index contributed by atoms with van der Waals surface area (Å²) in [4.78, 5) is 2.56. The lowest BCUT2D eigenvalue weighted by atomic mass is 10.2. The summed E-state index contributed by atoms with van der Waals surface area (Å²) in [5.74, 6) is 0.780. The van der Waals surface area contributed by atoms with Crippen molar-refractivity contribution in [2.75, 3.05) is 26.8 Å². The van der Waals surface area contributed by atoms with Gasteiger partial charge in [0, 0.05) is 19.7 Å². The summed E-state index contributed by atoms with van der Waals surface area (Å²) in [6, 6.07) is 0.692. The van der Waals surface area contributed by atoms with E-state index in [1.165, 1.54) is 25.9 Å². The second-order valence-corrected chi connectivity index (χ2v) is 4.14. The van der Waals surface area contributed by atoms with Crippen molar-refractivity contribution in [3.8, 4) is 0 Å². The second kappa shape index (κ2) is 4.83. The molecule has 1 rings (SSSR count). The van der Waals surface area contributed by atoms with Crippen LogP contribution in [-0.4, -0.2) is 37.7 Å². The van der Waals surface area contributed by atoms with Crippen LogP contribution < -0.4 is 0 Å². The zero-order valence-corrected chi connectivity index (χ0v) is 8.55. The quantitative estimate of drug-likeness (QED) is 0.639. The van der Waals surface area contributed by atoms with Crippen molar-refractivity contribution in [1.82, 2.24) is 4.90 Å². The molecule has 0 saturated carbocycles. The first-order chi connectivity index (χ1) is 5.74. The van der Waals surface area contributed by atoms with Crippen LogP contribution in [0.3, 0.4) is 0 Å². The Bertz CT molecular complexity index is 125. The maximum atomic E-state index is 5.20. The van der Waals surface area contributed by atoms with Gasteiger partial charge in [-0.15, -0.1) is 0 Å². The Labute approximate surface area is 75.9 Å². The molecule has 0 bridgehead atoms. The molecule has 1 atom stereocenters. The van der Waals surface area contributed by atoms with Crippen LogP contribution in [0.2, 0.25) is 0 Å². The molecule has 0 aliphatic carbocycles. The first-order valence-electron chi connectivity index (χ1n) is 4.97. The third-order valence-electron chi connectivity index (χ3n) is 2.46. The minimum Gasteiger partial charge on any atom is -0.383 e. The van der Waals surface area contributed by atoms with Gasteiger partial charge in [0.2, 0.25) is 0 Å².